The van der Waals surface area contributed by atoms with Crippen molar-refractivity contribution in [2.75, 3.05) is 18.0 Å². The minimum absolute atomic E-state index is 0.195. The van der Waals surface area contributed by atoms with Crippen LogP contribution in [0.1, 0.15) is 26.3 Å². The second-order valence-electron chi connectivity index (χ2n) is 8.00. The number of carbonyl (C=O) groups excluding carboxylic acids is 1. The standard InChI is InChI=1S/C22H26N2O4/c1-22(2,3)19-20(25)23(13-14-24(19)21(26)27)17-9-11-18(12-10-17)28-15-16-7-5-4-6-8-16/h4-12,19H,13-15H2,1-3H3,(H,26,27). The van der Waals surface area contributed by atoms with Gasteiger partial charge in [-0.05, 0) is 35.2 Å². The van der Waals surface area contributed by atoms with E-state index < -0.39 is 17.6 Å². The van der Waals surface area contributed by atoms with Crippen LogP contribution >= 0.6 is 0 Å². The van der Waals surface area contributed by atoms with E-state index >= 15 is 0 Å². The number of piperazine rings is 1. The molecule has 3 rings (SSSR count). The normalized spacial score (nSPS) is 17.5. The van der Waals surface area contributed by atoms with Gasteiger partial charge in [0, 0.05) is 18.8 Å². The molecule has 2 aromatic rings. The Morgan fingerprint density at radius 1 is 1.07 bits per heavy atom. The number of ether oxygens (including phenoxy) is 1. The van der Waals surface area contributed by atoms with Crippen LogP contribution in [0.5, 0.6) is 5.75 Å². The number of benzene rings is 2. The van der Waals surface area contributed by atoms with Gasteiger partial charge < -0.3 is 14.7 Å². The van der Waals surface area contributed by atoms with Crippen molar-refractivity contribution < 1.29 is 19.4 Å². The molecular formula is C22H26N2O4. The highest BCUT2D eigenvalue weighted by Gasteiger charge is 2.44. The number of hydrogen-bond acceptors (Lipinski definition) is 3. The van der Waals surface area contributed by atoms with E-state index in [1.165, 1.54) is 4.90 Å². The number of nitrogens with zero attached hydrogens (tertiary/aromatic N) is 2. The third-order valence-electron chi connectivity index (χ3n) is 4.84. The van der Waals surface area contributed by atoms with Gasteiger partial charge in [0.25, 0.3) is 5.91 Å². The zero-order valence-electron chi connectivity index (χ0n) is 16.5. The molecule has 2 amide bonds. The van der Waals surface area contributed by atoms with E-state index in [-0.39, 0.29) is 12.5 Å². The molecule has 0 spiro atoms. The van der Waals surface area contributed by atoms with E-state index in [4.69, 9.17) is 4.74 Å². The van der Waals surface area contributed by atoms with E-state index in [0.717, 1.165) is 17.0 Å². The van der Waals surface area contributed by atoms with Crippen LogP contribution in [-0.4, -0.2) is 41.1 Å². The predicted molar refractivity (Wildman–Crippen MR) is 108 cm³/mol. The molecular weight excluding hydrogens is 356 g/mol. The molecule has 6 heteroatoms. The van der Waals surface area contributed by atoms with Crippen LogP contribution in [0.2, 0.25) is 0 Å². The second-order valence-corrected chi connectivity index (χ2v) is 8.00. The topological polar surface area (TPSA) is 70.1 Å². The van der Waals surface area contributed by atoms with Crippen molar-refractivity contribution in [2.45, 2.75) is 33.4 Å². The Morgan fingerprint density at radius 3 is 2.29 bits per heavy atom. The third-order valence-corrected chi connectivity index (χ3v) is 4.84. The molecule has 1 aliphatic rings. The van der Waals surface area contributed by atoms with Gasteiger partial charge in [-0.25, -0.2) is 4.79 Å². The summed E-state index contributed by atoms with van der Waals surface area (Å²) in [5.41, 5.74) is 1.34. The zero-order chi connectivity index (χ0) is 20.3. The molecule has 1 aliphatic heterocycles. The smallest absolute Gasteiger partial charge is 0.408 e. The molecule has 0 aliphatic carbocycles. The molecule has 1 unspecified atom stereocenters. The summed E-state index contributed by atoms with van der Waals surface area (Å²) >= 11 is 0. The van der Waals surface area contributed by atoms with Crippen molar-refractivity contribution in [1.82, 2.24) is 4.90 Å². The Labute approximate surface area is 165 Å². The minimum Gasteiger partial charge on any atom is -0.489 e. The number of hydrogen-bond donors (Lipinski definition) is 1. The Morgan fingerprint density at radius 2 is 1.71 bits per heavy atom. The summed E-state index contributed by atoms with van der Waals surface area (Å²) in [4.78, 5) is 27.6. The fourth-order valence-electron chi connectivity index (χ4n) is 3.49. The van der Waals surface area contributed by atoms with Crippen molar-refractivity contribution in [3.05, 3.63) is 60.2 Å². The lowest BCUT2D eigenvalue weighted by Gasteiger charge is -2.44. The lowest BCUT2D eigenvalue weighted by atomic mass is 9.83. The van der Waals surface area contributed by atoms with Gasteiger partial charge in [-0.15, -0.1) is 0 Å². The van der Waals surface area contributed by atoms with Crippen LogP contribution < -0.4 is 9.64 Å². The van der Waals surface area contributed by atoms with Gasteiger partial charge in [0.05, 0.1) is 0 Å². The first-order valence-electron chi connectivity index (χ1n) is 9.35. The Balaban J connectivity index is 1.72. The molecule has 0 aromatic heterocycles. The van der Waals surface area contributed by atoms with Crippen LogP contribution in [0.4, 0.5) is 10.5 Å². The van der Waals surface area contributed by atoms with E-state index in [1.807, 2.05) is 75.4 Å². The highest BCUT2D eigenvalue weighted by Crippen LogP contribution is 2.31. The molecule has 0 radical (unpaired) electrons. The van der Waals surface area contributed by atoms with Crippen LogP contribution in [-0.2, 0) is 11.4 Å². The molecule has 6 nitrogen and oxygen atoms in total. The van der Waals surface area contributed by atoms with Crippen molar-refractivity contribution in [2.24, 2.45) is 5.41 Å². The molecule has 1 heterocycles. The quantitative estimate of drug-likeness (QED) is 0.867. The van der Waals surface area contributed by atoms with E-state index in [9.17, 15) is 14.7 Å². The summed E-state index contributed by atoms with van der Waals surface area (Å²) in [7, 11) is 0. The fraction of sp³-hybridized carbons (Fsp3) is 0.364. The SMILES string of the molecule is CC(C)(C)C1C(=O)N(c2ccc(OCc3ccccc3)cc2)CCN1C(=O)O. The molecule has 1 fully saturated rings. The van der Waals surface area contributed by atoms with Gasteiger partial charge in [-0.2, -0.15) is 0 Å². The van der Waals surface area contributed by atoms with E-state index in [0.29, 0.717) is 13.2 Å². The highest BCUT2D eigenvalue weighted by molar-refractivity contribution is 6.00. The van der Waals surface area contributed by atoms with Crippen LogP contribution in [0.3, 0.4) is 0 Å². The molecule has 1 N–H and O–H groups in total. The lowest BCUT2D eigenvalue weighted by Crippen LogP contribution is -2.63. The molecule has 148 valence electrons. The molecule has 0 bridgehead atoms. The number of carbonyl (C=O) groups is 2. The molecule has 28 heavy (non-hydrogen) atoms. The van der Waals surface area contributed by atoms with Crippen molar-refractivity contribution in [1.29, 1.82) is 0 Å². The molecule has 1 saturated heterocycles. The Kier molecular flexibility index (Phi) is 5.58. The van der Waals surface area contributed by atoms with Gasteiger partial charge in [-0.3, -0.25) is 9.69 Å². The largest absolute Gasteiger partial charge is 0.489 e. The second kappa shape index (κ2) is 7.92. The van der Waals surface area contributed by atoms with Crippen LogP contribution in [0.15, 0.2) is 54.6 Å². The average molecular weight is 382 g/mol. The summed E-state index contributed by atoms with van der Waals surface area (Å²) in [5, 5.41) is 9.47. The minimum atomic E-state index is -1.06. The number of amides is 2. The van der Waals surface area contributed by atoms with Crippen LogP contribution in [0, 0.1) is 5.41 Å². The third kappa shape index (κ3) is 4.27. The molecule has 1 atom stereocenters. The first kappa shape index (κ1) is 19.7. The maximum Gasteiger partial charge on any atom is 0.408 e. The van der Waals surface area contributed by atoms with Gasteiger partial charge in [-0.1, -0.05) is 51.1 Å². The number of carboxylic acid groups (broad SMARTS) is 1. The van der Waals surface area contributed by atoms with Crippen molar-refractivity contribution in [3.63, 3.8) is 0 Å². The summed E-state index contributed by atoms with van der Waals surface area (Å²) in [5.74, 6) is 0.524. The maximum absolute atomic E-state index is 13.1. The zero-order valence-corrected chi connectivity index (χ0v) is 16.5. The molecule has 0 saturated carbocycles. The predicted octanol–water partition coefficient (Wildman–Crippen LogP) is 4.01. The lowest BCUT2D eigenvalue weighted by molar-refractivity contribution is -0.129. The van der Waals surface area contributed by atoms with Gasteiger partial charge in [0.15, 0.2) is 0 Å². The monoisotopic (exact) mass is 382 g/mol. The van der Waals surface area contributed by atoms with E-state index in [1.54, 1.807) is 4.90 Å². The average Bonchev–Trinajstić information content (AvgIpc) is 2.66. The summed E-state index contributed by atoms with van der Waals surface area (Å²) in [6.45, 7) is 6.75. The van der Waals surface area contributed by atoms with Gasteiger partial charge in [0.2, 0.25) is 0 Å². The Bertz CT molecular complexity index is 828. The first-order chi connectivity index (χ1) is 13.3. The number of anilines is 1. The molecule has 2 aromatic carbocycles. The summed E-state index contributed by atoms with van der Waals surface area (Å²) in [6, 6.07) is 16.5. The maximum atomic E-state index is 13.1. The number of rotatable bonds is 4. The van der Waals surface area contributed by atoms with Crippen molar-refractivity contribution in [3.8, 4) is 5.75 Å². The first-order valence-corrected chi connectivity index (χ1v) is 9.35. The van der Waals surface area contributed by atoms with Gasteiger partial charge in [0.1, 0.15) is 18.4 Å². The van der Waals surface area contributed by atoms with Gasteiger partial charge >= 0.3 is 6.09 Å². The van der Waals surface area contributed by atoms with Crippen LogP contribution in [0.25, 0.3) is 0 Å². The fourth-order valence-corrected chi connectivity index (χ4v) is 3.49. The Hall–Kier alpha value is -3.02. The summed E-state index contributed by atoms with van der Waals surface area (Å²) < 4.78 is 5.80. The summed E-state index contributed by atoms with van der Waals surface area (Å²) in [6.07, 6.45) is -1.06. The highest BCUT2D eigenvalue weighted by atomic mass is 16.5. The van der Waals surface area contributed by atoms with Crippen molar-refractivity contribution >= 4 is 17.7 Å². The van der Waals surface area contributed by atoms with E-state index in [2.05, 4.69) is 0 Å².